The highest BCUT2D eigenvalue weighted by atomic mass is 19.1. The van der Waals surface area contributed by atoms with E-state index in [1.807, 2.05) is 30.3 Å². The SMILES string of the molecule is CN1C(=O)[C@@H](NC(=O)c2cn(Cc3ccccc3)cn2)COc2cccc(F)c21. The van der Waals surface area contributed by atoms with Crippen LogP contribution in [0.25, 0.3) is 0 Å². The largest absolute Gasteiger partial charge is 0.489 e. The number of imidazole rings is 1. The van der Waals surface area contributed by atoms with Crippen LogP contribution < -0.4 is 15.0 Å². The summed E-state index contributed by atoms with van der Waals surface area (Å²) in [5, 5.41) is 2.63. The lowest BCUT2D eigenvalue weighted by Crippen LogP contribution is -2.49. The van der Waals surface area contributed by atoms with Crippen molar-refractivity contribution in [3.63, 3.8) is 0 Å². The molecule has 8 heteroatoms. The van der Waals surface area contributed by atoms with Gasteiger partial charge in [-0.3, -0.25) is 9.59 Å². The number of halogens is 1. The molecule has 7 nitrogen and oxygen atoms in total. The quantitative estimate of drug-likeness (QED) is 0.736. The second-order valence-electron chi connectivity index (χ2n) is 6.74. The number of rotatable bonds is 4. The Kier molecular flexibility index (Phi) is 4.99. The number of aromatic nitrogens is 2. The monoisotopic (exact) mass is 394 g/mol. The van der Waals surface area contributed by atoms with Gasteiger partial charge in [0.2, 0.25) is 0 Å². The minimum atomic E-state index is -0.960. The third kappa shape index (κ3) is 3.82. The first kappa shape index (κ1) is 18.7. The maximum Gasteiger partial charge on any atom is 0.272 e. The second kappa shape index (κ2) is 7.75. The molecular formula is C21H19FN4O3. The highest BCUT2D eigenvalue weighted by molar-refractivity contribution is 6.02. The summed E-state index contributed by atoms with van der Waals surface area (Å²) in [6, 6.07) is 13.2. The molecule has 0 saturated heterocycles. The van der Waals surface area contributed by atoms with Gasteiger partial charge in [-0.05, 0) is 17.7 Å². The Hall–Kier alpha value is -3.68. The topological polar surface area (TPSA) is 76.5 Å². The van der Waals surface area contributed by atoms with Gasteiger partial charge in [0.05, 0.1) is 6.33 Å². The Morgan fingerprint density at radius 1 is 1.24 bits per heavy atom. The standard InChI is InChI=1S/C21H19FN4O3/c1-25-19-15(22)8-5-9-18(19)29-12-17(21(25)28)24-20(27)16-11-26(13-23-16)10-14-6-3-2-4-7-14/h2-9,11,13,17H,10,12H2,1H3,(H,24,27)/t17-/m0/s1. The van der Waals surface area contributed by atoms with Crippen molar-refractivity contribution in [1.29, 1.82) is 0 Å². The fraction of sp³-hybridized carbons (Fsp3) is 0.190. The minimum absolute atomic E-state index is 0.0568. The van der Waals surface area contributed by atoms with Crippen molar-refractivity contribution >= 4 is 17.5 Å². The Labute approximate surface area is 166 Å². The minimum Gasteiger partial charge on any atom is -0.489 e. The molecule has 0 spiro atoms. The van der Waals surface area contributed by atoms with Crippen LogP contribution in [-0.2, 0) is 11.3 Å². The molecule has 0 bridgehead atoms. The summed E-state index contributed by atoms with van der Waals surface area (Å²) in [4.78, 5) is 30.6. The van der Waals surface area contributed by atoms with Crippen LogP contribution >= 0.6 is 0 Å². The highest BCUT2D eigenvalue weighted by Crippen LogP contribution is 2.32. The summed E-state index contributed by atoms with van der Waals surface area (Å²) >= 11 is 0. The van der Waals surface area contributed by atoms with E-state index in [1.54, 1.807) is 23.2 Å². The van der Waals surface area contributed by atoms with Crippen LogP contribution in [0.4, 0.5) is 10.1 Å². The van der Waals surface area contributed by atoms with E-state index in [2.05, 4.69) is 10.3 Å². The Morgan fingerprint density at radius 2 is 2.03 bits per heavy atom. The molecule has 1 aromatic heterocycles. The van der Waals surface area contributed by atoms with E-state index in [0.717, 1.165) is 10.5 Å². The van der Waals surface area contributed by atoms with Crippen molar-refractivity contribution in [2.75, 3.05) is 18.6 Å². The van der Waals surface area contributed by atoms with E-state index < -0.39 is 23.7 Å². The Balaban J connectivity index is 1.46. The molecule has 2 amide bonds. The predicted octanol–water partition coefficient (Wildman–Crippen LogP) is 2.22. The number of nitrogens with zero attached hydrogens (tertiary/aromatic N) is 3. The average Bonchev–Trinajstić information content (AvgIpc) is 3.15. The third-order valence-corrected chi connectivity index (χ3v) is 4.70. The number of carbonyl (C=O) groups is 2. The lowest BCUT2D eigenvalue weighted by Gasteiger charge is -2.20. The summed E-state index contributed by atoms with van der Waals surface area (Å²) in [5.41, 5.74) is 1.32. The molecule has 0 unspecified atom stereocenters. The molecule has 2 aromatic carbocycles. The number of benzene rings is 2. The summed E-state index contributed by atoms with van der Waals surface area (Å²) in [5.74, 6) is -1.28. The lowest BCUT2D eigenvalue weighted by molar-refractivity contribution is -0.120. The van der Waals surface area contributed by atoms with Gasteiger partial charge in [0.1, 0.15) is 29.8 Å². The molecule has 0 fully saturated rings. The van der Waals surface area contributed by atoms with Crippen LogP contribution in [0, 0.1) is 5.82 Å². The van der Waals surface area contributed by atoms with E-state index in [1.165, 1.54) is 19.2 Å². The molecule has 0 aliphatic carbocycles. The van der Waals surface area contributed by atoms with Gasteiger partial charge in [0.15, 0.2) is 5.82 Å². The molecule has 1 atom stereocenters. The molecular weight excluding hydrogens is 375 g/mol. The van der Waals surface area contributed by atoms with Crippen LogP contribution in [0.15, 0.2) is 61.1 Å². The van der Waals surface area contributed by atoms with Gasteiger partial charge in [-0.2, -0.15) is 0 Å². The van der Waals surface area contributed by atoms with Gasteiger partial charge < -0.3 is 19.5 Å². The van der Waals surface area contributed by atoms with Crippen LogP contribution in [0.1, 0.15) is 16.1 Å². The van der Waals surface area contributed by atoms with Gasteiger partial charge in [0, 0.05) is 19.8 Å². The zero-order valence-corrected chi connectivity index (χ0v) is 15.7. The van der Waals surface area contributed by atoms with E-state index >= 15 is 0 Å². The molecule has 1 aliphatic rings. The summed E-state index contributed by atoms with van der Waals surface area (Å²) in [6.45, 7) is 0.472. The lowest BCUT2D eigenvalue weighted by atomic mass is 10.2. The fourth-order valence-corrected chi connectivity index (χ4v) is 3.22. The number of likely N-dealkylation sites (N-methyl/N-ethyl adjacent to an activating group) is 1. The second-order valence-corrected chi connectivity index (χ2v) is 6.74. The Bertz CT molecular complexity index is 1050. The van der Waals surface area contributed by atoms with Gasteiger partial charge >= 0.3 is 0 Å². The van der Waals surface area contributed by atoms with Crippen molar-refractivity contribution < 1.29 is 18.7 Å². The van der Waals surface area contributed by atoms with Crippen LogP contribution in [0.5, 0.6) is 5.75 Å². The molecule has 0 saturated carbocycles. The van der Waals surface area contributed by atoms with Gasteiger partial charge in [0.25, 0.3) is 11.8 Å². The van der Waals surface area contributed by atoms with Crippen LogP contribution in [-0.4, -0.2) is 41.1 Å². The summed E-state index contributed by atoms with van der Waals surface area (Å²) < 4.78 is 21.5. The first-order valence-corrected chi connectivity index (χ1v) is 9.08. The highest BCUT2D eigenvalue weighted by Gasteiger charge is 2.32. The number of para-hydroxylation sites is 1. The first-order chi connectivity index (χ1) is 14.0. The zero-order chi connectivity index (χ0) is 20.4. The van der Waals surface area contributed by atoms with E-state index in [4.69, 9.17) is 4.74 Å². The average molecular weight is 394 g/mol. The molecule has 0 radical (unpaired) electrons. The predicted molar refractivity (Wildman–Crippen MR) is 104 cm³/mol. The molecule has 3 aromatic rings. The van der Waals surface area contributed by atoms with Crippen molar-refractivity contribution in [1.82, 2.24) is 14.9 Å². The first-order valence-electron chi connectivity index (χ1n) is 9.08. The normalized spacial score (nSPS) is 16.0. The van der Waals surface area contributed by atoms with E-state index in [9.17, 15) is 14.0 Å². The van der Waals surface area contributed by atoms with Crippen molar-refractivity contribution in [2.45, 2.75) is 12.6 Å². The number of nitrogens with one attached hydrogen (secondary N) is 1. The zero-order valence-electron chi connectivity index (χ0n) is 15.7. The molecule has 2 heterocycles. The number of fused-ring (bicyclic) bond motifs is 1. The van der Waals surface area contributed by atoms with E-state index in [0.29, 0.717) is 6.54 Å². The number of ether oxygens (including phenoxy) is 1. The Morgan fingerprint density at radius 3 is 2.83 bits per heavy atom. The van der Waals surface area contributed by atoms with Crippen molar-refractivity contribution in [3.05, 3.63) is 78.1 Å². The maximum atomic E-state index is 14.1. The summed E-state index contributed by atoms with van der Waals surface area (Å²) in [7, 11) is 1.45. The third-order valence-electron chi connectivity index (χ3n) is 4.70. The van der Waals surface area contributed by atoms with Gasteiger partial charge in [-0.25, -0.2) is 9.37 Å². The summed E-state index contributed by atoms with van der Waals surface area (Å²) in [6.07, 6.45) is 3.17. The fourth-order valence-electron chi connectivity index (χ4n) is 3.22. The van der Waals surface area contributed by atoms with Gasteiger partial charge in [-0.15, -0.1) is 0 Å². The molecule has 4 rings (SSSR count). The van der Waals surface area contributed by atoms with Crippen LogP contribution in [0.2, 0.25) is 0 Å². The van der Waals surface area contributed by atoms with E-state index in [-0.39, 0.29) is 23.7 Å². The molecule has 1 N–H and O–H groups in total. The van der Waals surface area contributed by atoms with Crippen molar-refractivity contribution in [3.8, 4) is 5.75 Å². The number of carbonyl (C=O) groups excluding carboxylic acids is 2. The number of hydrogen-bond acceptors (Lipinski definition) is 4. The van der Waals surface area contributed by atoms with Crippen molar-refractivity contribution in [2.24, 2.45) is 0 Å². The smallest absolute Gasteiger partial charge is 0.272 e. The van der Waals surface area contributed by atoms with Gasteiger partial charge in [-0.1, -0.05) is 36.4 Å². The van der Waals surface area contributed by atoms with Crippen LogP contribution in [0.3, 0.4) is 0 Å². The molecule has 1 aliphatic heterocycles. The number of anilines is 1. The number of amides is 2. The molecule has 148 valence electrons. The molecule has 29 heavy (non-hydrogen) atoms. The number of hydrogen-bond donors (Lipinski definition) is 1. The maximum absolute atomic E-state index is 14.1.